The molecule has 0 aliphatic carbocycles. The van der Waals surface area contributed by atoms with E-state index in [2.05, 4.69) is 17.6 Å². The van der Waals surface area contributed by atoms with Gasteiger partial charge >= 0.3 is 6.03 Å². The molecule has 0 aromatic heterocycles. The SMILES string of the molecule is CCCNC(=O)Nc1ccc(C)c(N(C)C)c1. The van der Waals surface area contributed by atoms with Gasteiger partial charge < -0.3 is 15.5 Å². The molecule has 1 aromatic carbocycles. The Morgan fingerprint density at radius 2 is 2.06 bits per heavy atom. The molecule has 0 unspecified atom stereocenters. The maximum atomic E-state index is 11.5. The van der Waals surface area contributed by atoms with Crippen LogP contribution in [0.2, 0.25) is 0 Å². The Bertz CT molecular complexity index is 388. The lowest BCUT2D eigenvalue weighted by molar-refractivity contribution is 0.252. The van der Waals surface area contributed by atoms with E-state index in [1.165, 1.54) is 5.56 Å². The van der Waals surface area contributed by atoms with Crippen molar-refractivity contribution in [2.45, 2.75) is 20.3 Å². The third kappa shape index (κ3) is 3.98. The van der Waals surface area contributed by atoms with E-state index >= 15 is 0 Å². The van der Waals surface area contributed by atoms with Crippen molar-refractivity contribution in [3.63, 3.8) is 0 Å². The predicted molar refractivity (Wildman–Crippen MR) is 72.8 cm³/mol. The van der Waals surface area contributed by atoms with Crippen molar-refractivity contribution >= 4 is 17.4 Å². The molecule has 0 saturated carbocycles. The second-order valence-electron chi connectivity index (χ2n) is 4.28. The zero-order valence-corrected chi connectivity index (χ0v) is 11.0. The van der Waals surface area contributed by atoms with Gasteiger partial charge in [-0.2, -0.15) is 0 Å². The third-order valence-electron chi connectivity index (χ3n) is 2.48. The zero-order chi connectivity index (χ0) is 12.8. The highest BCUT2D eigenvalue weighted by atomic mass is 16.2. The van der Waals surface area contributed by atoms with E-state index in [0.29, 0.717) is 6.54 Å². The minimum absolute atomic E-state index is 0.152. The Morgan fingerprint density at radius 1 is 1.35 bits per heavy atom. The number of rotatable bonds is 4. The highest BCUT2D eigenvalue weighted by Gasteiger charge is 2.04. The van der Waals surface area contributed by atoms with Crippen LogP contribution >= 0.6 is 0 Å². The van der Waals surface area contributed by atoms with Crippen molar-refractivity contribution in [2.75, 3.05) is 30.9 Å². The monoisotopic (exact) mass is 235 g/mol. The summed E-state index contributed by atoms with van der Waals surface area (Å²) in [6.07, 6.45) is 0.935. The van der Waals surface area contributed by atoms with E-state index in [1.54, 1.807) is 0 Å². The minimum Gasteiger partial charge on any atom is -0.377 e. The van der Waals surface area contributed by atoms with Crippen LogP contribution in [0.5, 0.6) is 0 Å². The Morgan fingerprint density at radius 3 is 2.65 bits per heavy atom. The number of nitrogens with one attached hydrogen (secondary N) is 2. The number of carbonyl (C=O) groups is 1. The molecule has 4 heteroatoms. The fourth-order valence-electron chi connectivity index (χ4n) is 1.58. The Hall–Kier alpha value is -1.71. The van der Waals surface area contributed by atoms with Crippen molar-refractivity contribution in [1.82, 2.24) is 5.32 Å². The highest BCUT2D eigenvalue weighted by molar-refractivity contribution is 5.90. The molecule has 94 valence electrons. The number of carbonyl (C=O) groups excluding carboxylic acids is 1. The van der Waals surface area contributed by atoms with Crippen molar-refractivity contribution in [3.8, 4) is 0 Å². The Balaban J connectivity index is 2.72. The van der Waals surface area contributed by atoms with Gasteiger partial charge in [-0.3, -0.25) is 0 Å². The normalized spacial score (nSPS) is 9.88. The fourth-order valence-corrected chi connectivity index (χ4v) is 1.58. The molecule has 0 fully saturated rings. The summed E-state index contributed by atoms with van der Waals surface area (Å²) in [4.78, 5) is 13.5. The summed E-state index contributed by atoms with van der Waals surface area (Å²) in [6, 6.07) is 5.74. The standard InChI is InChI=1S/C13H21N3O/c1-5-8-14-13(17)15-11-7-6-10(2)12(9-11)16(3)4/h6-7,9H,5,8H2,1-4H3,(H2,14,15,17). The molecule has 1 rings (SSSR count). The number of amides is 2. The zero-order valence-electron chi connectivity index (χ0n) is 11.0. The molecule has 1 aromatic rings. The molecule has 2 N–H and O–H groups in total. The first-order chi connectivity index (χ1) is 8.04. The first-order valence-electron chi connectivity index (χ1n) is 5.87. The predicted octanol–water partition coefficient (Wildman–Crippen LogP) is 2.59. The molecule has 0 aliphatic heterocycles. The number of aryl methyl sites for hydroxylation is 1. The number of urea groups is 1. The van der Waals surface area contributed by atoms with Gasteiger partial charge in [0.25, 0.3) is 0 Å². The summed E-state index contributed by atoms with van der Waals surface area (Å²) < 4.78 is 0. The molecule has 0 radical (unpaired) electrons. The largest absolute Gasteiger partial charge is 0.377 e. The Kier molecular flexibility index (Phi) is 4.82. The van der Waals surface area contributed by atoms with Crippen LogP contribution in [0.15, 0.2) is 18.2 Å². The second-order valence-corrected chi connectivity index (χ2v) is 4.28. The molecule has 0 spiro atoms. The molecule has 0 heterocycles. The molecule has 0 bridgehead atoms. The summed E-state index contributed by atoms with van der Waals surface area (Å²) in [5.74, 6) is 0. The van der Waals surface area contributed by atoms with E-state index in [4.69, 9.17) is 0 Å². The van der Waals surface area contributed by atoms with E-state index < -0.39 is 0 Å². The van der Waals surface area contributed by atoms with Gasteiger partial charge in [-0.25, -0.2) is 4.79 Å². The minimum atomic E-state index is -0.152. The average Bonchev–Trinajstić information content (AvgIpc) is 2.28. The van der Waals surface area contributed by atoms with Crippen LogP contribution in [0, 0.1) is 6.92 Å². The van der Waals surface area contributed by atoms with Crippen LogP contribution in [0.25, 0.3) is 0 Å². The van der Waals surface area contributed by atoms with E-state index in [9.17, 15) is 4.79 Å². The van der Waals surface area contributed by atoms with Gasteiger partial charge in [-0.1, -0.05) is 13.0 Å². The first kappa shape index (κ1) is 13.4. The molecule has 17 heavy (non-hydrogen) atoms. The van der Waals surface area contributed by atoms with Gasteiger partial charge in [0.15, 0.2) is 0 Å². The number of hydrogen-bond donors (Lipinski definition) is 2. The lowest BCUT2D eigenvalue weighted by atomic mass is 10.1. The van der Waals surface area contributed by atoms with Crippen molar-refractivity contribution < 1.29 is 4.79 Å². The summed E-state index contributed by atoms with van der Waals surface area (Å²) in [5, 5.41) is 5.60. The van der Waals surface area contributed by atoms with Crippen LogP contribution in [0.4, 0.5) is 16.2 Å². The molecule has 0 saturated heterocycles. The Labute approximate surface area is 103 Å². The van der Waals surface area contributed by atoms with Crippen LogP contribution in [-0.2, 0) is 0 Å². The summed E-state index contributed by atoms with van der Waals surface area (Å²) >= 11 is 0. The molecular weight excluding hydrogens is 214 g/mol. The van der Waals surface area contributed by atoms with Crippen LogP contribution in [0.3, 0.4) is 0 Å². The number of benzene rings is 1. The van der Waals surface area contributed by atoms with E-state index in [1.807, 2.05) is 44.1 Å². The number of anilines is 2. The van der Waals surface area contributed by atoms with Gasteiger partial charge in [0.05, 0.1) is 0 Å². The highest BCUT2D eigenvalue weighted by Crippen LogP contribution is 2.22. The second kappa shape index (κ2) is 6.13. The van der Waals surface area contributed by atoms with Crippen molar-refractivity contribution in [3.05, 3.63) is 23.8 Å². The fraction of sp³-hybridized carbons (Fsp3) is 0.462. The summed E-state index contributed by atoms with van der Waals surface area (Å²) in [6.45, 7) is 4.77. The molecule has 2 amide bonds. The number of hydrogen-bond acceptors (Lipinski definition) is 2. The van der Waals surface area contributed by atoms with Gasteiger partial charge in [-0.15, -0.1) is 0 Å². The van der Waals surface area contributed by atoms with E-state index in [0.717, 1.165) is 17.8 Å². The third-order valence-corrected chi connectivity index (χ3v) is 2.48. The molecule has 4 nitrogen and oxygen atoms in total. The smallest absolute Gasteiger partial charge is 0.319 e. The quantitative estimate of drug-likeness (QED) is 0.842. The van der Waals surface area contributed by atoms with Crippen LogP contribution in [0.1, 0.15) is 18.9 Å². The lowest BCUT2D eigenvalue weighted by Gasteiger charge is -2.17. The first-order valence-corrected chi connectivity index (χ1v) is 5.87. The summed E-state index contributed by atoms with van der Waals surface area (Å²) in [7, 11) is 3.98. The maximum absolute atomic E-state index is 11.5. The molecule has 0 atom stereocenters. The topological polar surface area (TPSA) is 44.4 Å². The van der Waals surface area contributed by atoms with Crippen molar-refractivity contribution in [1.29, 1.82) is 0 Å². The lowest BCUT2D eigenvalue weighted by Crippen LogP contribution is -2.29. The van der Waals surface area contributed by atoms with Gasteiger partial charge in [0.1, 0.15) is 0 Å². The summed E-state index contributed by atoms with van der Waals surface area (Å²) in [5.41, 5.74) is 3.11. The van der Waals surface area contributed by atoms with E-state index in [-0.39, 0.29) is 6.03 Å². The van der Waals surface area contributed by atoms with Crippen molar-refractivity contribution in [2.24, 2.45) is 0 Å². The maximum Gasteiger partial charge on any atom is 0.319 e. The molecule has 0 aliphatic rings. The van der Waals surface area contributed by atoms with Crippen LogP contribution < -0.4 is 15.5 Å². The van der Waals surface area contributed by atoms with Crippen LogP contribution in [-0.4, -0.2) is 26.7 Å². The van der Waals surface area contributed by atoms with Gasteiger partial charge in [0.2, 0.25) is 0 Å². The number of nitrogens with zero attached hydrogens (tertiary/aromatic N) is 1. The van der Waals surface area contributed by atoms with Gasteiger partial charge in [0, 0.05) is 32.0 Å². The molecular formula is C13H21N3O. The van der Waals surface area contributed by atoms with Gasteiger partial charge in [-0.05, 0) is 31.0 Å². The average molecular weight is 235 g/mol.